The van der Waals surface area contributed by atoms with Gasteiger partial charge in [0.05, 0.1) is 5.02 Å². The lowest BCUT2D eigenvalue weighted by molar-refractivity contribution is -0.145. The summed E-state index contributed by atoms with van der Waals surface area (Å²) < 4.78 is 0. The average Bonchev–Trinajstić information content (AvgIpc) is 2.71. The minimum Gasteiger partial charge on any atom is -0.480 e. The highest BCUT2D eigenvalue weighted by Crippen LogP contribution is 2.31. The third-order valence-electron chi connectivity index (χ3n) is 3.57. The van der Waals surface area contributed by atoms with Gasteiger partial charge in [-0.2, -0.15) is 0 Å². The Morgan fingerprint density at radius 3 is 2.47 bits per heavy atom. The summed E-state index contributed by atoms with van der Waals surface area (Å²) in [6, 6.07) is 0. The lowest BCUT2D eigenvalue weighted by Gasteiger charge is -2.33. The second-order valence-corrected chi connectivity index (χ2v) is 6.22. The number of carboxylic acids is 1. The average molecular weight is 302 g/mol. The van der Waals surface area contributed by atoms with E-state index in [1.807, 2.05) is 6.92 Å². The molecule has 1 saturated carbocycles. The van der Waals surface area contributed by atoms with Gasteiger partial charge >= 0.3 is 5.97 Å². The van der Waals surface area contributed by atoms with Crippen LogP contribution in [0.15, 0.2) is 5.38 Å². The van der Waals surface area contributed by atoms with E-state index in [9.17, 15) is 14.7 Å². The van der Waals surface area contributed by atoms with Crippen molar-refractivity contribution in [2.75, 3.05) is 0 Å². The van der Waals surface area contributed by atoms with E-state index in [1.165, 1.54) is 11.3 Å². The van der Waals surface area contributed by atoms with Crippen molar-refractivity contribution in [2.24, 2.45) is 0 Å². The Bertz CT molecular complexity index is 506. The maximum Gasteiger partial charge on any atom is 0.329 e. The van der Waals surface area contributed by atoms with Crippen molar-refractivity contribution in [3.05, 3.63) is 20.8 Å². The van der Waals surface area contributed by atoms with Crippen molar-refractivity contribution in [3.63, 3.8) is 0 Å². The summed E-state index contributed by atoms with van der Waals surface area (Å²) in [5.74, 6) is -1.34. The van der Waals surface area contributed by atoms with Crippen LogP contribution in [0.5, 0.6) is 0 Å². The van der Waals surface area contributed by atoms with Gasteiger partial charge in [-0.15, -0.1) is 11.3 Å². The topological polar surface area (TPSA) is 66.4 Å². The van der Waals surface area contributed by atoms with Gasteiger partial charge in [0, 0.05) is 0 Å². The third kappa shape index (κ3) is 2.77. The van der Waals surface area contributed by atoms with Gasteiger partial charge in [0.2, 0.25) is 0 Å². The first kappa shape index (κ1) is 14.3. The Hall–Kier alpha value is -1.07. The molecule has 2 rings (SSSR count). The fourth-order valence-corrected chi connectivity index (χ4v) is 3.58. The number of amides is 1. The second-order valence-electron chi connectivity index (χ2n) is 4.96. The number of hydrogen-bond donors (Lipinski definition) is 2. The van der Waals surface area contributed by atoms with Crippen LogP contribution in [0.3, 0.4) is 0 Å². The smallest absolute Gasteiger partial charge is 0.329 e. The molecule has 0 spiro atoms. The summed E-state index contributed by atoms with van der Waals surface area (Å²) in [5.41, 5.74) is -0.291. The lowest BCUT2D eigenvalue weighted by atomic mass is 9.81. The summed E-state index contributed by atoms with van der Waals surface area (Å²) >= 11 is 7.29. The Morgan fingerprint density at radius 1 is 1.37 bits per heavy atom. The van der Waals surface area contributed by atoms with Crippen molar-refractivity contribution in [1.82, 2.24) is 5.32 Å². The standard InChI is InChI=1S/C13H16ClNO3S/c1-8-7-19-10(9(8)14)11(16)15-13(12(17)18)5-3-2-4-6-13/h7H,2-6H2,1H3,(H,15,16)(H,17,18). The molecular formula is C13H16ClNO3S. The Balaban J connectivity index is 2.20. The number of nitrogens with one attached hydrogen (secondary N) is 1. The van der Waals surface area contributed by atoms with Crippen LogP contribution < -0.4 is 5.32 Å². The zero-order valence-electron chi connectivity index (χ0n) is 10.7. The monoisotopic (exact) mass is 301 g/mol. The molecule has 1 aromatic rings. The van der Waals surface area contributed by atoms with Crippen molar-refractivity contribution in [1.29, 1.82) is 0 Å². The van der Waals surface area contributed by atoms with E-state index in [0.29, 0.717) is 22.7 Å². The predicted octanol–water partition coefficient (Wildman–Crippen LogP) is 3.23. The Kier molecular flexibility index (Phi) is 4.16. The molecule has 0 radical (unpaired) electrons. The van der Waals surface area contributed by atoms with Crippen LogP contribution in [0.2, 0.25) is 5.02 Å². The van der Waals surface area contributed by atoms with Gasteiger partial charge < -0.3 is 10.4 Å². The van der Waals surface area contributed by atoms with E-state index in [1.54, 1.807) is 5.38 Å². The van der Waals surface area contributed by atoms with Crippen molar-refractivity contribution < 1.29 is 14.7 Å². The molecule has 1 heterocycles. The van der Waals surface area contributed by atoms with Crippen molar-refractivity contribution in [3.8, 4) is 0 Å². The Labute approximate surface area is 120 Å². The molecule has 104 valence electrons. The number of rotatable bonds is 3. The number of carbonyl (C=O) groups is 2. The number of aryl methyl sites for hydroxylation is 1. The van der Waals surface area contributed by atoms with E-state index in [2.05, 4.69) is 5.32 Å². The highest BCUT2D eigenvalue weighted by molar-refractivity contribution is 7.13. The largest absolute Gasteiger partial charge is 0.480 e. The number of halogens is 1. The highest BCUT2D eigenvalue weighted by Gasteiger charge is 2.41. The molecule has 0 unspecified atom stereocenters. The first-order valence-corrected chi connectivity index (χ1v) is 7.51. The lowest BCUT2D eigenvalue weighted by Crippen LogP contribution is -2.55. The summed E-state index contributed by atoms with van der Waals surface area (Å²) in [5, 5.41) is 14.3. The minimum atomic E-state index is -1.13. The number of hydrogen-bond acceptors (Lipinski definition) is 3. The van der Waals surface area contributed by atoms with Crippen molar-refractivity contribution in [2.45, 2.75) is 44.6 Å². The van der Waals surface area contributed by atoms with Crippen LogP contribution in [-0.4, -0.2) is 22.5 Å². The van der Waals surface area contributed by atoms with Gasteiger partial charge in [-0.25, -0.2) is 4.79 Å². The van der Waals surface area contributed by atoms with E-state index in [-0.39, 0.29) is 5.91 Å². The molecule has 0 aliphatic heterocycles. The molecule has 6 heteroatoms. The highest BCUT2D eigenvalue weighted by atomic mass is 35.5. The van der Waals surface area contributed by atoms with Gasteiger partial charge in [-0.3, -0.25) is 4.79 Å². The zero-order chi connectivity index (χ0) is 14.0. The van der Waals surface area contributed by atoms with Crippen LogP contribution in [0.4, 0.5) is 0 Å². The molecule has 0 aromatic carbocycles. The SMILES string of the molecule is Cc1csc(C(=O)NC2(C(=O)O)CCCCC2)c1Cl. The fraction of sp³-hybridized carbons (Fsp3) is 0.538. The second kappa shape index (κ2) is 5.51. The van der Waals surface area contributed by atoms with Crippen LogP contribution in [0, 0.1) is 6.92 Å². The predicted molar refractivity (Wildman–Crippen MR) is 75.0 cm³/mol. The molecule has 0 bridgehead atoms. The van der Waals surface area contributed by atoms with Crippen molar-refractivity contribution >= 4 is 34.8 Å². The van der Waals surface area contributed by atoms with E-state index < -0.39 is 11.5 Å². The van der Waals surface area contributed by atoms with Gasteiger partial charge in [-0.1, -0.05) is 30.9 Å². The molecule has 1 aliphatic rings. The van der Waals surface area contributed by atoms with Crippen LogP contribution in [0.25, 0.3) is 0 Å². The normalized spacial score (nSPS) is 18.0. The van der Waals surface area contributed by atoms with Crippen LogP contribution in [0.1, 0.15) is 47.3 Å². The molecule has 0 atom stereocenters. The molecule has 2 N–H and O–H groups in total. The summed E-state index contributed by atoms with van der Waals surface area (Å²) in [4.78, 5) is 24.1. The minimum absolute atomic E-state index is 0.382. The molecule has 1 aliphatic carbocycles. The van der Waals surface area contributed by atoms with Crippen LogP contribution in [-0.2, 0) is 4.79 Å². The maximum atomic E-state index is 12.2. The number of thiophene rings is 1. The summed E-state index contributed by atoms with van der Waals surface area (Å²) in [6.07, 6.45) is 3.63. The quantitative estimate of drug-likeness (QED) is 0.901. The van der Waals surface area contributed by atoms with Gasteiger partial charge in [-0.05, 0) is 30.7 Å². The first-order chi connectivity index (χ1) is 8.96. The molecule has 1 amide bonds. The summed E-state index contributed by atoms with van der Waals surface area (Å²) in [6.45, 7) is 1.82. The fourth-order valence-electron chi connectivity index (χ4n) is 2.40. The van der Waals surface area contributed by atoms with Gasteiger partial charge in [0.1, 0.15) is 10.4 Å². The molecule has 1 fully saturated rings. The maximum absolute atomic E-state index is 12.2. The number of carboxylic acid groups (broad SMARTS) is 1. The molecule has 0 saturated heterocycles. The number of carbonyl (C=O) groups excluding carboxylic acids is 1. The summed E-state index contributed by atoms with van der Waals surface area (Å²) in [7, 11) is 0. The Morgan fingerprint density at radius 2 is 2.00 bits per heavy atom. The van der Waals surface area contributed by atoms with E-state index in [0.717, 1.165) is 24.8 Å². The first-order valence-electron chi connectivity index (χ1n) is 6.26. The van der Waals surface area contributed by atoms with E-state index in [4.69, 9.17) is 11.6 Å². The molecule has 1 aromatic heterocycles. The van der Waals surface area contributed by atoms with Crippen LogP contribution >= 0.6 is 22.9 Å². The molecule has 4 nitrogen and oxygen atoms in total. The molecular weight excluding hydrogens is 286 g/mol. The zero-order valence-corrected chi connectivity index (χ0v) is 12.2. The number of aliphatic carboxylic acids is 1. The van der Waals surface area contributed by atoms with Gasteiger partial charge in [0.15, 0.2) is 0 Å². The third-order valence-corrected chi connectivity index (χ3v) is 5.27. The molecule has 19 heavy (non-hydrogen) atoms. The van der Waals surface area contributed by atoms with E-state index >= 15 is 0 Å². The van der Waals surface area contributed by atoms with Gasteiger partial charge in [0.25, 0.3) is 5.91 Å².